The largest absolute Gasteiger partial charge is 0.480 e. The maximum Gasteiger partial charge on any atom is 0.322 e. The zero-order valence-electron chi connectivity index (χ0n) is 6.58. The molecule has 4 nitrogen and oxygen atoms in total. The van der Waals surface area contributed by atoms with E-state index in [0.717, 1.165) is 12.8 Å². The molecule has 0 aromatic carbocycles. The highest BCUT2D eigenvalue weighted by molar-refractivity contribution is 5.76. The Morgan fingerprint density at radius 2 is 2.45 bits per heavy atom. The Morgan fingerprint density at radius 3 is 2.73 bits per heavy atom. The van der Waals surface area contributed by atoms with E-state index in [0.29, 0.717) is 5.92 Å². The van der Waals surface area contributed by atoms with Crippen molar-refractivity contribution in [3.63, 3.8) is 0 Å². The minimum Gasteiger partial charge on any atom is -0.480 e. The molecule has 3 atom stereocenters. The molecule has 0 aromatic rings. The molecule has 4 heteroatoms. The normalized spacial score (nSPS) is 38.3. The molecule has 0 aromatic heterocycles. The molecule has 0 spiro atoms. The summed E-state index contributed by atoms with van der Waals surface area (Å²) in [4.78, 5) is 10.4. The zero-order chi connectivity index (χ0) is 8.65. The Balaban J connectivity index is 2.56. The average molecular weight is 158 g/mol. The summed E-state index contributed by atoms with van der Waals surface area (Å²) in [5.41, 5.74) is 10.5. The number of carboxylic acids is 1. The molecule has 64 valence electrons. The molecule has 11 heavy (non-hydrogen) atoms. The van der Waals surface area contributed by atoms with Crippen LogP contribution in [-0.2, 0) is 4.79 Å². The first kappa shape index (κ1) is 8.49. The van der Waals surface area contributed by atoms with Crippen molar-refractivity contribution in [1.82, 2.24) is 0 Å². The van der Waals surface area contributed by atoms with Crippen LogP contribution in [0.3, 0.4) is 0 Å². The summed E-state index contributed by atoms with van der Waals surface area (Å²) in [7, 11) is 0. The number of carbonyl (C=O) groups is 1. The van der Waals surface area contributed by atoms with Gasteiger partial charge in [0.05, 0.1) is 0 Å². The molecule has 0 saturated heterocycles. The lowest BCUT2D eigenvalue weighted by Crippen LogP contribution is -2.50. The molecule has 1 aliphatic rings. The third kappa shape index (κ3) is 1.23. The Bertz CT molecular complexity index is 183. The minimum absolute atomic E-state index is 0.300. The van der Waals surface area contributed by atoms with E-state index < -0.39 is 17.6 Å². The van der Waals surface area contributed by atoms with Gasteiger partial charge < -0.3 is 16.6 Å². The Hall–Kier alpha value is -0.610. The Morgan fingerprint density at radius 1 is 1.91 bits per heavy atom. The fourth-order valence-electron chi connectivity index (χ4n) is 1.50. The van der Waals surface area contributed by atoms with E-state index in [-0.39, 0.29) is 0 Å². The van der Waals surface area contributed by atoms with Crippen LogP contribution in [0, 0.1) is 5.92 Å². The summed E-state index contributed by atoms with van der Waals surface area (Å²) in [6, 6.07) is -0.896. The van der Waals surface area contributed by atoms with E-state index in [4.69, 9.17) is 16.6 Å². The highest BCUT2D eigenvalue weighted by Gasteiger charge is 2.56. The van der Waals surface area contributed by atoms with Crippen LogP contribution in [0.4, 0.5) is 0 Å². The van der Waals surface area contributed by atoms with Crippen molar-refractivity contribution >= 4 is 5.97 Å². The molecule has 0 heterocycles. The Kier molecular flexibility index (Phi) is 1.90. The van der Waals surface area contributed by atoms with Crippen LogP contribution in [-0.4, -0.2) is 22.7 Å². The molecule has 1 saturated carbocycles. The first-order valence-electron chi connectivity index (χ1n) is 3.79. The van der Waals surface area contributed by atoms with Crippen molar-refractivity contribution < 1.29 is 9.90 Å². The Labute approximate surface area is 65.6 Å². The second-order valence-electron chi connectivity index (χ2n) is 3.24. The van der Waals surface area contributed by atoms with E-state index in [1.165, 1.54) is 0 Å². The SMILES string of the molecule is CC[C@H]1C[C@]1(N)[C@H](N)C(=O)O. The second kappa shape index (κ2) is 2.46. The molecule has 1 fully saturated rings. The molecule has 1 aliphatic carbocycles. The summed E-state index contributed by atoms with van der Waals surface area (Å²) in [5, 5.41) is 8.57. The first-order valence-corrected chi connectivity index (χ1v) is 3.79. The molecule has 0 aliphatic heterocycles. The summed E-state index contributed by atoms with van der Waals surface area (Å²) in [6.07, 6.45) is 1.66. The maximum absolute atomic E-state index is 10.4. The van der Waals surface area contributed by atoms with E-state index in [2.05, 4.69) is 0 Å². The van der Waals surface area contributed by atoms with Crippen molar-refractivity contribution in [2.75, 3.05) is 0 Å². The maximum atomic E-state index is 10.4. The van der Waals surface area contributed by atoms with Crippen LogP contribution in [0.25, 0.3) is 0 Å². The highest BCUT2D eigenvalue weighted by atomic mass is 16.4. The van der Waals surface area contributed by atoms with Crippen LogP contribution in [0.1, 0.15) is 19.8 Å². The van der Waals surface area contributed by atoms with Gasteiger partial charge in [0.25, 0.3) is 0 Å². The summed E-state index contributed by atoms with van der Waals surface area (Å²) >= 11 is 0. The van der Waals surface area contributed by atoms with Crippen molar-refractivity contribution in [3.8, 4) is 0 Å². The molecule has 0 amide bonds. The lowest BCUT2D eigenvalue weighted by atomic mass is 10.0. The van der Waals surface area contributed by atoms with Crippen molar-refractivity contribution in [2.45, 2.75) is 31.3 Å². The van der Waals surface area contributed by atoms with Crippen LogP contribution >= 0.6 is 0 Å². The first-order chi connectivity index (χ1) is 5.02. The van der Waals surface area contributed by atoms with Gasteiger partial charge in [-0.2, -0.15) is 0 Å². The van der Waals surface area contributed by atoms with Crippen molar-refractivity contribution in [2.24, 2.45) is 17.4 Å². The number of rotatable bonds is 3. The monoisotopic (exact) mass is 158 g/mol. The van der Waals surface area contributed by atoms with Crippen LogP contribution in [0.15, 0.2) is 0 Å². The van der Waals surface area contributed by atoms with Gasteiger partial charge >= 0.3 is 5.97 Å². The van der Waals surface area contributed by atoms with Gasteiger partial charge in [0.2, 0.25) is 0 Å². The van der Waals surface area contributed by atoms with Gasteiger partial charge in [-0.3, -0.25) is 4.79 Å². The summed E-state index contributed by atoms with van der Waals surface area (Å²) < 4.78 is 0. The molecule has 0 radical (unpaired) electrons. The van der Waals surface area contributed by atoms with Gasteiger partial charge in [0.1, 0.15) is 6.04 Å². The summed E-state index contributed by atoms with van der Waals surface area (Å²) in [6.45, 7) is 1.99. The van der Waals surface area contributed by atoms with Gasteiger partial charge in [-0.05, 0) is 12.3 Å². The van der Waals surface area contributed by atoms with Gasteiger partial charge in [0.15, 0.2) is 0 Å². The topological polar surface area (TPSA) is 89.3 Å². The highest BCUT2D eigenvalue weighted by Crippen LogP contribution is 2.45. The van der Waals surface area contributed by atoms with Gasteiger partial charge in [-0.15, -0.1) is 0 Å². The average Bonchev–Trinajstić information content (AvgIpc) is 2.61. The van der Waals surface area contributed by atoms with Gasteiger partial charge in [0, 0.05) is 5.54 Å². The molecular weight excluding hydrogens is 144 g/mol. The molecule has 5 N–H and O–H groups in total. The predicted molar refractivity (Wildman–Crippen MR) is 40.9 cm³/mol. The molecular formula is C7H14N2O2. The zero-order valence-corrected chi connectivity index (χ0v) is 6.58. The standard InChI is InChI=1S/C7H14N2O2/c1-2-4-3-7(4,9)5(8)6(10)11/h4-5H,2-3,8-9H2,1H3,(H,10,11)/t4-,5+,7+/m0/s1. The van der Waals surface area contributed by atoms with Crippen LogP contribution in [0.5, 0.6) is 0 Å². The lowest BCUT2D eigenvalue weighted by molar-refractivity contribution is -0.139. The number of carboxylic acid groups (broad SMARTS) is 1. The molecule has 1 rings (SSSR count). The minimum atomic E-state index is -0.997. The van der Waals surface area contributed by atoms with Gasteiger partial charge in [-0.25, -0.2) is 0 Å². The van der Waals surface area contributed by atoms with Crippen molar-refractivity contribution in [1.29, 1.82) is 0 Å². The fourth-order valence-corrected chi connectivity index (χ4v) is 1.50. The van der Waals surface area contributed by atoms with E-state index in [1.807, 2.05) is 6.92 Å². The van der Waals surface area contributed by atoms with Crippen LogP contribution in [0.2, 0.25) is 0 Å². The van der Waals surface area contributed by atoms with Crippen molar-refractivity contribution in [3.05, 3.63) is 0 Å². The second-order valence-corrected chi connectivity index (χ2v) is 3.24. The van der Waals surface area contributed by atoms with Crippen LogP contribution < -0.4 is 11.5 Å². The predicted octanol–water partition coefficient (Wildman–Crippen LogP) is -0.474. The van der Waals surface area contributed by atoms with E-state index >= 15 is 0 Å². The van der Waals surface area contributed by atoms with Gasteiger partial charge in [-0.1, -0.05) is 13.3 Å². The third-order valence-corrected chi connectivity index (χ3v) is 2.54. The number of hydrogen-bond acceptors (Lipinski definition) is 3. The number of aliphatic carboxylic acids is 1. The smallest absolute Gasteiger partial charge is 0.322 e. The van der Waals surface area contributed by atoms with E-state index in [1.54, 1.807) is 0 Å². The summed E-state index contributed by atoms with van der Waals surface area (Å²) in [5.74, 6) is -0.697. The fraction of sp³-hybridized carbons (Fsp3) is 0.857. The molecule has 0 bridgehead atoms. The molecule has 0 unspecified atom stereocenters. The lowest BCUT2D eigenvalue weighted by Gasteiger charge is -2.15. The third-order valence-electron chi connectivity index (χ3n) is 2.54. The number of nitrogens with two attached hydrogens (primary N) is 2. The van der Waals surface area contributed by atoms with E-state index in [9.17, 15) is 4.79 Å². The quantitative estimate of drug-likeness (QED) is 0.517. The number of hydrogen-bond donors (Lipinski definition) is 3.